The molecule has 0 spiro atoms. The number of hydrogen-bond acceptors (Lipinski definition) is 7. The van der Waals surface area contributed by atoms with Crippen LogP contribution in [0.25, 0.3) is 21.5 Å². The lowest BCUT2D eigenvalue weighted by molar-refractivity contribution is -0.114. The molecule has 0 aliphatic carbocycles. The van der Waals surface area contributed by atoms with E-state index >= 15 is 0 Å². The zero-order chi connectivity index (χ0) is 23.8. The van der Waals surface area contributed by atoms with E-state index in [-0.39, 0.29) is 17.4 Å². The van der Waals surface area contributed by atoms with Crippen molar-refractivity contribution in [2.45, 2.75) is 46.1 Å². The lowest BCUT2D eigenvalue weighted by Gasteiger charge is -2.08. The van der Waals surface area contributed by atoms with Crippen LogP contribution < -0.4 is 16.2 Å². The van der Waals surface area contributed by atoms with Gasteiger partial charge in [-0.2, -0.15) is 0 Å². The van der Waals surface area contributed by atoms with Crippen LogP contribution in [0.1, 0.15) is 47.2 Å². The second-order valence-electron chi connectivity index (χ2n) is 8.28. The van der Waals surface area contributed by atoms with E-state index in [0.717, 1.165) is 42.8 Å². The number of nitrogens with zero attached hydrogens (tertiary/aromatic N) is 3. The van der Waals surface area contributed by atoms with Crippen molar-refractivity contribution < 1.29 is 9.59 Å². The van der Waals surface area contributed by atoms with E-state index in [1.165, 1.54) is 29.6 Å². The highest BCUT2D eigenvalue weighted by atomic mass is 32.1. The summed E-state index contributed by atoms with van der Waals surface area (Å²) in [5, 5.41) is 8.49. The van der Waals surface area contributed by atoms with Crippen LogP contribution in [0.5, 0.6) is 0 Å². The number of anilines is 2. The Bertz CT molecular complexity index is 1470. The molecule has 174 valence electrons. The van der Waals surface area contributed by atoms with Crippen LogP contribution in [-0.4, -0.2) is 26.3 Å². The maximum absolute atomic E-state index is 13.1. The molecule has 1 aliphatic rings. The van der Waals surface area contributed by atoms with Gasteiger partial charge in [-0.05, 0) is 37.5 Å². The Hall–Kier alpha value is -3.37. The zero-order valence-electron chi connectivity index (χ0n) is 18.8. The van der Waals surface area contributed by atoms with Crippen LogP contribution in [0.4, 0.5) is 10.8 Å². The van der Waals surface area contributed by atoms with Crippen LogP contribution in [-0.2, 0) is 17.8 Å². The van der Waals surface area contributed by atoms with Gasteiger partial charge in [0.1, 0.15) is 10.7 Å². The summed E-state index contributed by atoms with van der Waals surface area (Å²) in [5.41, 5.74) is 2.94. The molecule has 0 radical (unpaired) electrons. The molecule has 34 heavy (non-hydrogen) atoms. The molecule has 0 saturated carbocycles. The molecule has 8 nitrogen and oxygen atoms in total. The number of rotatable bonds is 4. The Morgan fingerprint density at radius 2 is 1.85 bits per heavy atom. The molecule has 4 aromatic rings. The Balaban J connectivity index is 1.39. The van der Waals surface area contributed by atoms with Crippen molar-refractivity contribution in [1.82, 2.24) is 14.5 Å². The zero-order valence-corrected chi connectivity index (χ0v) is 20.4. The van der Waals surface area contributed by atoms with Gasteiger partial charge in [-0.25, -0.2) is 9.97 Å². The quantitative estimate of drug-likeness (QED) is 0.424. The van der Waals surface area contributed by atoms with Gasteiger partial charge in [0.2, 0.25) is 5.91 Å². The van der Waals surface area contributed by atoms with Gasteiger partial charge in [-0.1, -0.05) is 18.6 Å². The number of amides is 2. The highest BCUT2D eigenvalue weighted by Crippen LogP contribution is 2.31. The van der Waals surface area contributed by atoms with Crippen LogP contribution in [0.3, 0.4) is 0 Å². The topological polar surface area (TPSA) is 106 Å². The minimum absolute atomic E-state index is 0.0473. The Morgan fingerprint density at radius 1 is 1.06 bits per heavy atom. The fourth-order valence-corrected chi connectivity index (χ4v) is 5.97. The fraction of sp³-hybridized carbons (Fsp3) is 0.292. The molecule has 0 unspecified atom stereocenters. The number of aryl methyl sites for hydroxylation is 2. The second-order valence-corrected chi connectivity index (χ2v) is 10.1. The summed E-state index contributed by atoms with van der Waals surface area (Å²) in [6.45, 7) is 3.95. The normalized spacial score (nSPS) is 13.4. The van der Waals surface area contributed by atoms with Crippen LogP contribution in [0.15, 0.2) is 34.4 Å². The lowest BCUT2D eigenvalue weighted by atomic mass is 10.1. The van der Waals surface area contributed by atoms with E-state index < -0.39 is 0 Å². The number of nitrogens with one attached hydrogen (secondary N) is 2. The summed E-state index contributed by atoms with van der Waals surface area (Å²) < 4.78 is 1.78. The first-order chi connectivity index (χ1) is 16.4. The third kappa shape index (κ3) is 4.26. The minimum Gasteiger partial charge on any atom is -0.326 e. The molecule has 0 bridgehead atoms. The highest BCUT2D eigenvalue weighted by molar-refractivity contribution is 7.21. The number of fused-ring (bicyclic) bond motifs is 2. The summed E-state index contributed by atoms with van der Waals surface area (Å²) in [5.74, 6) is 0.399. The van der Waals surface area contributed by atoms with Gasteiger partial charge >= 0.3 is 0 Å². The number of benzene rings is 1. The van der Waals surface area contributed by atoms with Crippen molar-refractivity contribution >= 4 is 55.5 Å². The lowest BCUT2D eigenvalue weighted by Crippen LogP contribution is -2.24. The first-order valence-electron chi connectivity index (χ1n) is 11.1. The monoisotopic (exact) mass is 493 g/mol. The molecule has 5 rings (SSSR count). The molecule has 2 N–H and O–H groups in total. The first-order valence-corrected chi connectivity index (χ1v) is 12.8. The predicted octanol–water partition coefficient (Wildman–Crippen LogP) is 4.83. The van der Waals surface area contributed by atoms with Crippen molar-refractivity contribution in [1.29, 1.82) is 0 Å². The molecule has 3 aromatic heterocycles. The fourth-order valence-electron chi connectivity index (χ4n) is 4.17. The summed E-state index contributed by atoms with van der Waals surface area (Å²) in [6.07, 6.45) is 3.88. The van der Waals surface area contributed by atoms with Crippen molar-refractivity contribution in [2.24, 2.45) is 0 Å². The van der Waals surface area contributed by atoms with Crippen molar-refractivity contribution in [3.63, 3.8) is 0 Å². The Labute approximate surface area is 203 Å². The minimum atomic E-state index is -0.290. The van der Waals surface area contributed by atoms with Gasteiger partial charge < -0.3 is 5.32 Å². The number of thiazole rings is 1. The molecule has 0 atom stereocenters. The number of carbonyl (C=O) groups is 2. The molecule has 0 saturated heterocycles. The standard InChI is InChI=1S/C24H23N5O3S2/c1-13-19-22(27-18-6-4-3-5-11-29(18)23(19)32)34-20(13)21(31)28-24-26-17(12-33-24)15-7-9-16(10-8-15)25-14(2)30/h7-10,12H,3-6,11H2,1-2H3,(H,25,30)(H,26,28,31). The molecular formula is C24H23N5O3S2. The third-order valence-corrected chi connectivity index (χ3v) is 7.79. The van der Waals surface area contributed by atoms with Gasteiger partial charge in [-0.3, -0.25) is 24.3 Å². The second kappa shape index (κ2) is 9.11. The maximum atomic E-state index is 13.1. The molecule has 1 aliphatic heterocycles. The van der Waals surface area contributed by atoms with E-state index in [0.29, 0.717) is 38.0 Å². The number of aromatic nitrogens is 3. The Kier molecular flexibility index (Phi) is 6.01. The summed E-state index contributed by atoms with van der Waals surface area (Å²) >= 11 is 2.59. The van der Waals surface area contributed by atoms with E-state index in [9.17, 15) is 14.4 Å². The number of carbonyl (C=O) groups excluding carboxylic acids is 2. The van der Waals surface area contributed by atoms with E-state index in [2.05, 4.69) is 15.6 Å². The summed E-state index contributed by atoms with van der Waals surface area (Å²) in [7, 11) is 0. The molecule has 10 heteroatoms. The van der Waals surface area contributed by atoms with Crippen molar-refractivity contribution in [3.8, 4) is 11.3 Å². The van der Waals surface area contributed by atoms with Gasteiger partial charge in [0.15, 0.2) is 5.13 Å². The smallest absolute Gasteiger partial charge is 0.267 e. The van der Waals surface area contributed by atoms with Gasteiger partial charge in [-0.15, -0.1) is 22.7 Å². The molecular weight excluding hydrogens is 470 g/mol. The number of thiophene rings is 1. The first kappa shape index (κ1) is 22.4. The molecule has 4 heterocycles. The number of hydrogen-bond donors (Lipinski definition) is 2. The average Bonchev–Trinajstić information content (AvgIpc) is 3.31. The van der Waals surface area contributed by atoms with E-state index in [1.54, 1.807) is 4.57 Å². The third-order valence-electron chi connectivity index (χ3n) is 5.84. The van der Waals surface area contributed by atoms with Crippen LogP contribution >= 0.6 is 22.7 Å². The van der Waals surface area contributed by atoms with E-state index in [1.807, 2.05) is 36.6 Å². The molecule has 0 fully saturated rings. The van der Waals surface area contributed by atoms with Crippen LogP contribution in [0.2, 0.25) is 0 Å². The van der Waals surface area contributed by atoms with E-state index in [4.69, 9.17) is 4.98 Å². The summed E-state index contributed by atoms with van der Waals surface area (Å²) in [6, 6.07) is 7.35. The SMILES string of the molecule is CC(=O)Nc1ccc(-c2csc(NC(=O)c3sc4nc5n(c(=O)c4c3C)CCCCC5)n2)cc1. The largest absolute Gasteiger partial charge is 0.326 e. The molecule has 1 aromatic carbocycles. The maximum Gasteiger partial charge on any atom is 0.267 e. The van der Waals surface area contributed by atoms with Gasteiger partial charge in [0.05, 0.1) is 16.0 Å². The predicted molar refractivity (Wildman–Crippen MR) is 136 cm³/mol. The van der Waals surface area contributed by atoms with Gasteiger partial charge in [0, 0.05) is 36.5 Å². The van der Waals surface area contributed by atoms with Crippen molar-refractivity contribution in [2.75, 3.05) is 10.6 Å². The van der Waals surface area contributed by atoms with Crippen molar-refractivity contribution in [3.05, 3.63) is 56.3 Å². The Morgan fingerprint density at radius 3 is 2.62 bits per heavy atom. The average molecular weight is 494 g/mol. The highest BCUT2D eigenvalue weighted by Gasteiger charge is 2.23. The molecule has 2 amide bonds. The van der Waals surface area contributed by atoms with Gasteiger partial charge in [0.25, 0.3) is 11.5 Å². The van der Waals surface area contributed by atoms with Crippen LogP contribution in [0, 0.1) is 6.92 Å². The summed E-state index contributed by atoms with van der Waals surface area (Å²) in [4.78, 5) is 47.8.